The number of carbonyl (C=O) groups excluding carboxylic acids is 2. The van der Waals surface area contributed by atoms with E-state index in [0.717, 1.165) is 22.4 Å². The van der Waals surface area contributed by atoms with Crippen molar-refractivity contribution < 1.29 is 18.7 Å². The number of nitrogens with zero attached hydrogens (tertiary/aromatic N) is 2. The summed E-state index contributed by atoms with van der Waals surface area (Å²) < 4.78 is 18.6. The SMILES string of the molecule is COc1ccc(N=C2S[C@@H](CC(=O)Nc3ccc(C)cc3C)C(=O)N2Cc2ccc(F)cc2)cc1. The van der Waals surface area contributed by atoms with Gasteiger partial charge in [-0.05, 0) is 67.4 Å². The number of aryl methyl sites for hydroxylation is 2. The molecule has 1 heterocycles. The van der Waals surface area contributed by atoms with Gasteiger partial charge in [-0.25, -0.2) is 9.38 Å². The average Bonchev–Trinajstić information content (AvgIpc) is 3.11. The molecule has 1 N–H and O–H groups in total. The second-order valence-corrected chi connectivity index (χ2v) is 9.49. The van der Waals surface area contributed by atoms with Crippen molar-refractivity contribution >= 4 is 40.1 Å². The van der Waals surface area contributed by atoms with Crippen molar-refractivity contribution in [1.82, 2.24) is 4.90 Å². The number of halogens is 1. The van der Waals surface area contributed by atoms with Crippen LogP contribution in [0, 0.1) is 19.7 Å². The number of thioether (sulfide) groups is 1. The van der Waals surface area contributed by atoms with Crippen LogP contribution >= 0.6 is 11.8 Å². The van der Waals surface area contributed by atoms with E-state index >= 15 is 0 Å². The Bertz CT molecular complexity index is 1260. The standard InChI is InChI=1S/C27H26FN3O3S/c1-17-4-13-23(18(2)14-17)30-25(32)15-24-26(33)31(16-19-5-7-20(28)8-6-19)27(35-24)29-21-9-11-22(34-3)12-10-21/h4-14,24H,15-16H2,1-3H3,(H,30,32)/t24-/m0/s1. The lowest BCUT2D eigenvalue weighted by atomic mass is 10.1. The molecule has 1 aliphatic rings. The quantitative estimate of drug-likeness (QED) is 0.466. The van der Waals surface area contributed by atoms with E-state index in [4.69, 9.17) is 4.74 Å². The van der Waals surface area contributed by atoms with Gasteiger partial charge < -0.3 is 10.1 Å². The van der Waals surface area contributed by atoms with Crippen LogP contribution in [0.15, 0.2) is 71.7 Å². The summed E-state index contributed by atoms with van der Waals surface area (Å²) in [6.45, 7) is 4.16. The van der Waals surface area contributed by atoms with Gasteiger partial charge in [0, 0.05) is 12.1 Å². The first kappa shape index (κ1) is 24.5. The normalized spacial score (nSPS) is 16.6. The lowest BCUT2D eigenvalue weighted by Gasteiger charge is -2.17. The third kappa shape index (κ3) is 6.08. The number of aliphatic imine (C=N–C) groups is 1. The fourth-order valence-corrected chi connectivity index (χ4v) is 4.89. The van der Waals surface area contributed by atoms with Gasteiger partial charge in [0.15, 0.2) is 5.17 Å². The number of nitrogens with one attached hydrogen (secondary N) is 1. The average molecular weight is 492 g/mol. The Morgan fingerprint density at radius 3 is 2.46 bits per heavy atom. The summed E-state index contributed by atoms with van der Waals surface area (Å²) in [5, 5.41) is 2.80. The van der Waals surface area contributed by atoms with E-state index in [1.807, 2.05) is 32.0 Å². The molecule has 0 aliphatic carbocycles. The van der Waals surface area contributed by atoms with Crippen molar-refractivity contribution in [1.29, 1.82) is 0 Å². The van der Waals surface area contributed by atoms with Crippen LogP contribution in [-0.2, 0) is 16.1 Å². The van der Waals surface area contributed by atoms with Gasteiger partial charge in [-0.1, -0.05) is 41.6 Å². The van der Waals surface area contributed by atoms with Crippen LogP contribution in [0.25, 0.3) is 0 Å². The summed E-state index contributed by atoms with van der Waals surface area (Å²) in [6.07, 6.45) is 0.0123. The van der Waals surface area contributed by atoms with E-state index in [2.05, 4.69) is 10.3 Å². The summed E-state index contributed by atoms with van der Waals surface area (Å²) in [5.74, 6) is -0.0882. The van der Waals surface area contributed by atoms with Gasteiger partial charge in [0.2, 0.25) is 11.8 Å². The monoisotopic (exact) mass is 491 g/mol. The molecular formula is C27H26FN3O3S. The number of anilines is 1. The number of rotatable bonds is 7. The number of benzene rings is 3. The third-order valence-electron chi connectivity index (χ3n) is 5.60. The van der Waals surface area contributed by atoms with Crippen LogP contribution in [0.2, 0.25) is 0 Å². The molecule has 8 heteroatoms. The van der Waals surface area contributed by atoms with E-state index in [9.17, 15) is 14.0 Å². The molecular weight excluding hydrogens is 465 g/mol. The molecule has 1 aliphatic heterocycles. The van der Waals surface area contributed by atoms with Crippen molar-refractivity contribution in [2.75, 3.05) is 12.4 Å². The Morgan fingerprint density at radius 1 is 1.09 bits per heavy atom. The fourth-order valence-electron chi connectivity index (χ4n) is 3.73. The first-order valence-electron chi connectivity index (χ1n) is 11.1. The van der Waals surface area contributed by atoms with Crippen LogP contribution in [0.3, 0.4) is 0 Å². The van der Waals surface area contributed by atoms with Crippen LogP contribution in [0.1, 0.15) is 23.1 Å². The maximum atomic E-state index is 13.4. The fraction of sp³-hybridized carbons (Fsp3) is 0.222. The molecule has 2 amide bonds. The molecule has 6 nitrogen and oxygen atoms in total. The molecule has 3 aromatic carbocycles. The van der Waals surface area contributed by atoms with Gasteiger partial charge in [0.25, 0.3) is 0 Å². The number of amidine groups is 1. The topological polar surface area (TPSA) is 71.0 Å². The molecule has 0 spiro atoms. The Kier molecular flexibility index (Phi) is 7.51. The largest absolute Gasteiger partial charge is 0.497 e. The molecule has 0 radical (unpaired) electrons. The van der Waals surface area contributed by atoms with Crippen molar-refractivity contribution in [2.45, 2.75) is 32.1 Å². The molecule has 3 aromatic rings. The van der Waals surface area contributed by atoms with Gasteiger partial charge in [0.05, 0.1) is 19.3 Å². The van der Waals surface area contributed by atoms with Crippen LogP contribution in [0.5, 0.6) is 5.75 Å². The minimum absolute atomic E-state index is 0.0123. The third-order valence-corrected chi connectivity index (χ3v) is 6.77. The highest BCUT2D eigenvalue weighted by Gasteiger charge is 2.39. The van der Waals surface area contributed by atoms with Gasteiger partial charge in [0.1, 0.15) is 16.8 Å². The Labute approximate surface area is 208 Å². The van der Waals surface area contributed by atoms with Gasteiger partial charge in [-0.15, -0.1) is 0 Å². The first-order chi connectivity index (χ1) is 16.8. The highest BCUT2D eigenvalue weighted by atomic mass is 32.2. The summed E-state index contributed by atoms with van der Waals surface area (Å²) in [6, 6.07) is 19.0. The van der Waals surface area contributed by atoms with Gasteiger partial charge in [-0.2, -0.15) is 0 Å². The number of methoxy groups -OCH3 is 1. The minimum atomic E-state index is -0.613. The minimum Gasteiger partial charge on any atom is -0.497 e. The van der Waals surface area contributed by atoms with Crippen LogP contribution in [-0.4, -0.2) is 34.2 Å². The molecule has 1 saturated heterocycles. The van der Waals surface area contributed by atoms with E-state index in [1.54, 1.807) is 48.4 Å². The molecule has 0 aromatic heterocycles. The first-order valence-corrected chi connectivity index (χ1v) is 12.0. The second-order valence-electron chi connectivity index (χ2n) is 8.32. The van der Waals surface area contributed by atoms with Crippen molar-refractivity contribution in [2.24, 2.45) is 4.99 Å². The Hall–Kier alpha value is -3.65. The Balaban J connectivity index is 1.55. The lowest BCUT2D eigenvalue weighted by Crippen LogP contribution is -2.33. The van der Waals surface area contributed by atoms with Gasteiger partial charge >= 0.3 is 0 Å². The molecule has 0 saturated carbocycles. The highest BCUT2D eigenvalue weighted by molar-refractivity contribution is 8.15. The summed E-state index contributed by atoms with van der Waals surface area (Å²) >= 11 is 1.26. The van der Waals surface area contributed by atoms with Crippen molar-refractivity contribution in [3.63, 3.8) is 0 Å². The maximum Gasteiger partial charge on any atom is 0.242 e. The van der Waals surface area contributed by atoms with E-state index in [1.165, 1.54) is 23.9 Å². The zero-order valence-corrected chi connectivity index (χ0v) is 20.6. The molecule has 4 rings (SSSR count). The number of amides is 2. The lowest BCUT2D eigenvalue weighted by molar-refractivity contribution is -0.128. The zero-order chi connectivity index (χ0) is 24.9. The highest BCUT2D eigenvalue weighted by Crippen LogP contribution is 2.33. The van der Waals surface area contributed by atoms with E-state index < -0.39 is 5.25 Å². The molecule has 180 valence electrons. The summed E-state index contributed by atoms with van der Waals surface area (Å²) in [7, 11) is 1.59. The van der Waals surface area contributed by atoms with Crippen LogP contribution < -0.4 is 10.1 Å². The summed E-state index contributed by atoms with van der Waals surface area (Å²) in [5.41, 5.74) is 4.22. The maximum absolute atomic E-state index is 13.4. The smallest absolute Gasteiger partial charge is 0.242 e. The zero-order valence-electron chi connectivity index (χ0n) is 19.7. The van der Waals surface area contributed by atoms with E-state index in [0.29, 0.717) is 16.6 Å². The predicted octanol–water partition coefficient (Wildman–Crippen LogP) is 5.61. The predicted molar refractivity (Wildman–Crippen MR) is 138 cm³/mol. The number of carbonyl (C=O) groups is 2. The Morgan fingerprint density at radius 2 is 1.80 bits per heavy atom. The number of ether oxygens (including phenoxy) is 1. The van der Waals surface area contributed by atoms with E-state index in [-0.39, 0.29) is 30.6 Å². The van der Waals surface area contributed by atoms with Gasteiger partial charge in [-0.3, -0.25) is 14.5 Å². The molecule has 0 bridgehead atoms. The van der Waals surface area contributed by atoms with Crippen molar-refractivity contribution in [3.8, 4) is 5.75 Å². The van der Waals surface area contributed by atoms with Crippen LogP contribution in [0.4, 0.5) is 15.8 Å². The molecule has 1 fully saturated rings. The summed E-state index contributed by atoms with van der Waals surface area (Å²) in [4.78, 5) is 32.3. The number of hydrogen-bond donors (Lipinski definition) is 1. The second kappa shape index (κ2) is 10.7. The molecule has 35 heavy (non-hydrogen) atoms. The molecule has 0 unspecified atom stereocenters. The van der Waals surface area contributed by atoms with Crippen molar-refractivity contribution in [3.05, 3.63) is 89.2 Å². The molecule has 1 atom stereocenters. The number of hydrogen-bond acceptors (Lipinski definition) is 5.